The first-order valence-electron chi connectivity index (χ1n) is 7.58. The Bertz CT molecular complexity index is 898. The van der Waals surface area contributed by atoms with Gasteiger partial charge in [-0.1, -0.05) is 12.1 Å². The highest BCUT2D eigenvalue weighted by atomic mass is 32.1. The van der Waals surface area contributed by atoms with E-state index >= 15 is 0 Å². The number of benzene rings is 1. The predicted octanol–water partition coefficient (Wildman–Crippen LogP) is 2.94. The second-order valence-electron chi connectivity index (χ2n) is 5.25. The first kappa shape index (κ1) is 15.4. The maximum absolute atomic E-state index is 12.3. The van der Waals surface area contributed by atoms with Crippen LogP contribution in [0.3, 0.4) is 0 Å². The summed E-state index contributed by atoms with van der Waals surface area (Å²) in [5.74, 6) is 1.87. The molecular formula is C17H14N4O3S. The smallest absolute Gasteiger partial charge is 0.271 e. The molecule has 1 aliphatic rings. The lowest BCUT2D eigenvalue weighted by Crippen LogP contribution is -2.23. The van der Waals surface area contributed by atoms with Gasteiger partial charge in [-0.25, -0.2) is 9.97 Å². The largest absolute Gasteiger partial charge is 0.454 e. The molecule has 0 saturated carbocycles. The van der Waals surface area contributed by atoms with Gasteiger partial charge in [-0.05, 0) is 29.8 Å². The van der Waals surface area contributed by atoms with E-state index in [4.69, 9.17) is 9.47 Å². The third-order valence-corrected chi connectivity index (χ3v) is 4.28. The van der Waals surface area contributed by atoms with Crippen LogP contribution in [-0.2, 0) is 6.54 Å². The van der Waals surface area contributed by atoms with E-state index in [-0.39, 0.29) is 12.7 Å². The molecule has 1 amide bonds. The van der Waals surface area contributed by atoms with Crippen LogP contribution in [0.15, 0.2) is 48.0 Å². The standard InChI is InChI=1S/C17H14N4O3S/c22-16(19-8-11-4-5-13-14(7-11)24-10-23-13)12-9-25-17(20-12)21-15-3-1-2-6-18-15/h1-7,9H,8,10H2,(H,19,22)(H,18,20,21). The number of hydrogen-bond acceptors (Lipinski definition) is 7. The molecule has 0 spiro atoms. The third kappa shape index (κ3) is 3.53. The van der Waals surface area contributed by atoms with E-state index in [9.17, 15) is 4.79 Å². The molecule has 0 radical (unpaired) electrons. The molecule has 0 aliphatic carbocycles. The van der Waals surface area contributed by atoms with Gasteiger partial charge in [-0.2, -0.15) is 0 Å². The van der Waals surface area contributed by atoms with Gasteiger partial charge in [0.05, 0.1) is 0 Å². The maximum Gasteiger partial charge on any atom is 0.271 e. The first-order valence-corrected chi connectivity index (χ1v) is 8.46. The Morgan fingerprint density at radius 1 is 1.20 bits per heavy atom. The van der Waals surface area contributed by atoms with Crippen molar-refractivity contribution >= 4 is 28.2 Å². The summed E-state index contributed by atoms with van der Waals surface area (Å²) in [7, 11) is 0. The normalized spacial score (nSPS) is 12.0. The minimum Gasteiger partial charge on any atom is -0.454 e. The van der Waals surface area contributed by atoms with E-state index in [0.29, 0.717) is 28.9 Å². The predicted molar refractivity (Wildman–Crippen MR) is 93.4 cm³/mol. The number of thiazole rings is 1. The van der Waals surface area contributed by atoms with Crippen LogP contribution in [0.25, 0.3) is 0 Å². The summed E-state index contributed by atoms with van der Waals surface area (Å²) in [6.07, 6.45) is 1.69. The van der Waals surface area contributed by atoms with Gasteiger partial charge >= 0.3 is 0 Å². The molecule has 0 fully saturated rings. The third-order valence-electron chi connectivity index (χ3n) is 3.53. The molecule has 8 heteroatoms. The van der Waals surface area contributed by atoms with Crippen LogP contribution in [0.2, 0.25) is 0 Å². The average molecular weight is 354 g/mol. The fourth-order valence-corrected chi connectivity index (χ4v) is 3.00. The van der Waals surface area contributed by atoms with Crippen LogP contribution in [0.1, 0.15) is 16.1 Å². The van der Waals surface area contributed by atoms with Gasteiger partial charge in [0.1, 0.15) is 11.5 Å². The van der Waals surface area contributed by atoms with Crippen LogP contribution in [0.4, 0.5) is 10.9 Å². The molecular weight excluding hydrogens is 340 g/mol. The van der Waals surface area contributed by atoms with Crippen LogP contribution in [-0.4, -0.2) is 22.7 Å². The number of amides is 1. The Labute approximate surface area is 147 Å². The minimum absolute atomic E-state index is 0.232. The highest BCUT2D eigenvalue weighted by Gasteiger charge is 2.14. The molecule has 0 atom stereocenters. The zero-order valence-corrected chi connectivity index (χ0v) is 13.9. The quantitative estimate of drug-likeness (QED) is 0.733. The fraction of sp³-hybridized carbons (Fsp3) is 0.118. The molecule has 3 aromatic rings. The van der Waals surface area contributed by atoms with E-state index in [1.807, 2.05) is 36.4 Å². The lowest BCUT2D eigenvalue weighted by molar-refractivity contribution is 0.0946. The number of hydrogen-bond donors (Lipinski definition) is 2. The van der Waals surface area contributed by atoms with Crippen LogP contribution >= 0.6 is 11.3 Å². The number of fused-ring (bicyclic) bond motifs is 1. The second-order valence-corrected chi connectivity index (χ2v) is 6.11. The van der Waals surface area contributed by atoms with Crippen molar-refractivity contribution in [2.75, 3.05) is 12.1 Å². The number of carbonyl (C=O) groups excluding carboxylic acids is 1. The van der Waals surface area contributed by atoms with E-state index < -0.39 is 0 Å². The van der Waals surface area contributed by atoms with Crippen LogP contribution < -0.4 is 20.1 Å². The van der Waals surface area contributed by atoms with Crippen LogP contribution in [0, 0.1) is 0 Å². The molecule has 2 N–H and O–H groups in total. The Balaban J connectivity index is 1.37. The van der Waals surface area contributed by atoms with Crippen molar-refractivity contribution in [1.82, 2.24) is 15.3 Å². The summed E-state index contributed by atoms with van der Waals surface area (Å²) in [4.78, 5) is 20.7. The van der Waals surface area contributed by atoms with Crippen molar-refractivity contribution in [2.24, 2.45) is 0 Å². The molecule has 126 valence electrons. The molecule has 4 rings (SSSR count). The number of ether oxygens (including phenoxy) is 2. The lowest BCUT2D eigenvalue weighted by Gasteiger charge is -2.05. The summed E-state index contributed by atoms with van der Waals surface area (Å²) in [5.41, 5.74) is 1.30. The highest BCUT2D eigenvalue weighted by Crippen LogP contribution is 2.32. The molecule has 7 nitrogen and oxygen atoms in total. The Hall–Kier alpha value is -3.13. The number of carbonyl (C=O) groups is 1. The molecule has 0 bridgehead atoms. The van der Waals surface area contributed by atoms with E-state index in [1.54, 1.807) is 11.6 Å². The lowest BCUT2D eigenvalue weighted by atomic mass is 10.2. The first-order chi connectivity index (χ1) is 12.3. The van der Waals surface area contributed by atoms with Gasteiger partial charge in [-0.3, -0.25) is 4.79 Å². The second kappa shape index (κ2) is 6.78. The molecule has 0 unspecified atom stereocenters. The summed E-state index contributed by atoms with van der Waals surface area (Å²) in [6, 6.07) is 11.1. The molecule has 3 heterocycles. The Morgan fingerprint density at radius 2 is 2.12 bits per heavy atom. The van der Waals surface area contributed by atoms with Gasteiger partial charge < -0.3 is 20.1 Å². The van der Waals surface area contributed by atoms with Crippen molar-refractivity contribution in [3.05, 3.63) is 59.2 Å². The number of pyridine rings is 1. The SMILES string of the molecule is O=C(NCc1ccc2c(c1)OCO2)c1csc(Nc2ccccn2)n1. The van der Waals surface area contributed by atoms with Gasteiger partial charge in [-0.15, -0.1) is 11.3 Å². The molecule has 0 saturated heterocycles. The summed E-state index contributed by atoms with van der Waals surface area (Å²) >= 11 is 1.35. The molecule has 1 aliphatic heterocycles. The zero-order chi connectivity index (χ0) is 17.1. The van der Waals surface area contributed by atoms with E-state index in [0.717, 1.165) is 11.3 Å². The number of nitrogens with zero attached hydrogens (tertiary/aromatic N) is 2. The Morgan fingerprint density at radius 3 is 3.00 bits per heavy atom. The number of aromatic nitrogens is 2. The minimum atomic E-state index is -0.233. The fourth-order valence-electron chi connectivity index (χ4n) is 2.31. The summed E-state index contributed by atoms with van der Waals surface area (Å²) in [5, 5.41) is 8.24. The topological polar surface area (TPSA) is 85.4 Å². The van der Waals surface area contributed by atoms with Gasteiger partial charge in [0.2, 0.25) is 6.79 Å². The molecule has 2 aromatic heterocycles. The number of nitrogens with one attached hydrogen (secondary N) is 2. The van der Waals surface area contributed by atoms with Gasteiger partial charge in [0, 0.05) is 18.1 Å². The molecule has 25 heavy (non-hydrogen) atoms. The highest BCUT2D eigenvalue weighted by molar-refractivity contribution is 7.14. The van der Waals surface area contributed by atoms with Crippen molar-refractivity contribution in [3.8, 4) is 11.5 Å². The zero-order valence-electron chi connectivity index (χ0n) is 13.1. The maximum atomic E-state index is 12.3. The molecule has 1 aromatic carbocycles. The van der Waals surface area contributed by atoms with Gasteiger partial charge in [0.15, 0.2) is 16.6 Å². The van der Waals surface area contributed by atoms with Crippen molar-refractivity contribution in [2.45, 2.75) is 6.54 Å². The van der Waals surface area contributed by atoms with Crippen molar-refractivity contribution in [1.29, 1.82) is 0 Å². The van der Waals surface area contributed by atoms with Gasteiger partial charge in [0.25, 0.3) is 5.91 Å². The number of rotatable bonds is 5. The van der Waals surface area contributed by atoms with Crippen LogP contribution in [0.5, 0.6) is 11.5 Å². The Kier molecular flexibility index (Phi) is 4.17. The van der Waals surface area contributed by atoms with E-state index in [1.165, 1.54) is 11.3 Å². The van der Waals surface area contributed by atoms with E-state index in [2.05, 4.69) is 20.6 Å². The average Bonchev–Trinajstić information content (AvgIpc) is 3.29. The van der Waals surface area contributed by atoms with Crippen molar-refractivity contribution < 1.29 is 14.3 Å². The summed E-state index contributed by atoms with van der Waals surface area (Å²) < 4.78 is 10.6. The summed E-state index contributed by atoms with van der Waals surface area (Å²) in [6.45, 7) is 0.617. The monoisotopic (exact) mass is 354 g/mol. The number of anilines is 2. The van der Waals surface area contributed by atoms with Crippen molar-refractivity contribution in [3.63, 3.8) is 0 Å².